The van der Waals surface area contributed by atoms with Gasteiger partial charge in [0.2, 0.25) is 0 Å². The first-order chi connectivity index (χ1) is 12.0. The van der Waals surface area contributed by atoms with E-state index >= 15 is 0 Å². The molecule has 1 aromatic carbocycles. The second-order valence-corrected chi connectivity index (χ2v) is 5.60. The Hall–Kier alpha value is -3.42. The van der Waals surface area contributed by atoms with E-state index in [4.69, 9.17) is 5.11 Å². The maximum atomic E-state index is 12.4. The number of rotatable bonds is 5. The molecule has 0 aliphatic carbocycles. The first-order valence-electron chi connectivity index (χ1n) is 7.60. The highest BCUT2D eigenvalue weighted by Gasteiger charge is 2.22. The molecule has 8 nitrogen and oxygen atoms in total. The van der Waals surface area contributed by atoms with Gasteiger partial charge in [-0.15, -0.1) is 0 Å². The number of carbonyl (C=O) groups excluding carboxylic acids is 1. The number of carbonyl (C=O) groups is 2. The minimum Gasteiger partial charge on any atom is -0.478 e. The van der Waals surface area contributed by atoms with Crippen molar-refractivity contribution in [1.29, 1.82) is 0 Å². The molecule has 2 N–H and O–H groups in total. The van der Waals surface area contributed by atoms with Crippen molar-refractivity contribution in [3.8, 4) is 0 Å². The zero-order valence-electron chi connectivity index (χ0n) is 13.8. The number of hydrogen-bond acceptors (Lipinski definition) is 4. The lowest BCUT2D eigenvalue weighted by atomic mass is 10.2. The van der Waals surface area contributed by atoms with Crippen molar-refractivity contribution in [2.45, 2.75) is 13.5 Å². The summed E-state index contributed by atoms with van der Waals surface area (Å²) in [6.07, 6.45) is 1.15. The maximum Gasteiger partial charge on any atom is 0.339 e. The lowest BCUT2D eigenvalue weighted by molar-refractivity contribution is 0.0692. The average Bonchev–Trinajstić information content (AvgIpc) is 3.11. The van der Waals surface area contributed by atoms with Crippen LogP contribution in [-0.2, 0) is 13.6 Å². The normalized spacial score (nSPS) is 10.6. The first kappa shape index (κ1) is 16.4. The Balaban J connectivity index is 1.80. The number of anilines is 1. The Morgan fingerprint density at radius 2 is 1.96 bits per heavy atom. The van der Waals surface area contributed by atoms with Gasteiger partial charge in [-0.2, -0.15) is 10.2 Å². The fourth-order valence-corrected chi connectivity index (χ4v) is 2.53. The minimum atomic E-state index is -1.20. The zero-order chi connectivity index (χ0) is 18.0. The summed E-state index contributed by atoms with van der Waals surface area (Å²) in [5.41, 5.74) is 1.79. The van der Waals surface area contributed by atoms with E-state index in [9.17, 15) is 9.59 Å². The van der Waals surface area contributed by atoms with Gasteiger partial charge < -0.3 is 10.4 Å². The predicted octanol–water partition coefficient (Wildman–Crippen LogP) is 1.92. The molecule has 0 atom stereocenters. The number of carboxylic acid groups (broad SMARTS) is 1. The minimum absolute atomic E-state index is 0.0252. The lowest BCUT2D eigenvalue weighted by Crippen LogP contribution is -2.19. The average molecular weight is 339 g/mol. The summed E-state index contributed by atoms with van der Waals surface area (Å²) < 4.78 is 3.00. The van der Waals surface area contributed by atoms with Crippen LogP contribution in [0.3, 0.4) is 0 Å². The molecule has 128 valence electrons. The van der Waals surface area contributed by atoms with Crippen LogP contribution in [0.1, 0.15) is 32.1 Å². The number of hydrogen-bond donors (Lipinski definition) is 2. The van der Waals surface area contributed by atoms with E-state index in [2.05, 4.69) is 15.5 Å². The van der Waals surface area contributed by atoms with Crippen LogP contribution in [0.5, 0.6) is 0 Å². The third-order valence-electron chi connectivity index (χ3n) is 3.78. The van der Waals surface area contributed by atoms with Crippen molar-refractivity contribution in [3.05, 3.63) is 65.1 Å². The van der Waals surface area contributed by atoms with Crippen LogP contribution in [0.25, 0.3) is 0 Å². The molecule has 3 rings (SSSR count). The molecule has 3 aromatic rings. The van der Waals surface area contributed by atoms with Crippen LogP contribution in [0, 0.1) is 6.92 Å². The highest BCUT2D eigenvalue weighted by atomic mass is 16.4. The van der Waals surface area contributed by atoms with Crippen molar-refractivity contribution < 1.29 is 14.7 Å². The van der Waals surface area contributed by atoms with Gasteiger partial charge in [0.25, 0.3) is 5.91 Å². The van der Waals surface area contributed by atoms with Gasteiger partial charge in [0, 0.05) is 18.8 Å². The molecule has 0 radical (unpaired) electrons. The largest absolute Gasteiger partial charge is 0.478 e. The monoisotopic (exact) mass is 339 g/mol. The van der Waals surface area contributed by atoms with E-state index in [1.807, 2.05) is 37.3 Å². The molecule has 0 saturated heterocycles. The van der Waals surface area contributed by atoms with E-state index in [0.717, 1.165) is 17.5 Å². The van der Waals surface area contributed by atoms with Crippen LogP contribution in [0.15, 0.2) is 42.6 Å². The number of aryl methyl sites for hydroxylation is 2. The third-order valence-corrected chi connectivity index (χ3v) is 3.78. The molecule has 0 fully saturated rings. The van der Waals surface area contributed by atoms with Crippen molar-refractivity contribution in [1.82, 2.24) is 19.6 Å². The lowest BCUT2D eigenvalue weighted by Gasteiger charge is -2.05. The summed E-state index contributed by atoms with van der Waals surface area (Å²) in [7, 11) is 1.51. The number of amides is 1. The Bertz CT molecular complexity index is 927. The molecule has 0 spiro atoms. The quantitative estimate of drug-likeness (QED) is 0.739. The molecule has 0 unspecified atom stereocenters. The Morgan fingerprint density at radius 3 is 2.64 bits per heavy atom. The van der Waals surface area contributed by atoms with E-state index < -0.39 is 11.9 Å². The van der Waals surface area contributed by atoms with E-state index in [-0.39, 0.29) is 11.3 Å². The summed E-state index contributed by atoms with van der Waals surface area (Å²) in [5, 5.41) is 20.0. The first-order valence-corrected chi connectivity index (χ1v) is 7.60. The summed E-state index contributed by atoms with van der Waals surface area (Å²) in [4.78, 5) is 23.6. The molecule has 2 heterocycles. The number of carboxylic acids is 1. The van der Waals surface area contributed by atoms with Crippen LogP contribution in [-0.4, -0.2) is 36.5 Å². The fraction of sp³-hybridized carbons (Fsp3) is 0.176. The van der Waals surface area contributed by atoms with Crippen molar-refractivity contribution >= 4 is 17.7 Å². The predicted molar refractivity (Wildman–Crippen MR) is 90.6 cm³/mol. The van der Waals surface area contributed by atoms with Gasteiger partial charge in [-0.3, -0.25) is 14.2 Å². The van der Waals surface area contributed by atoms with Gasteiger partial charge in [-0.1, -0.05) is 30.3 Å². The smallest absolute Gasteiger partial charge is 0.339 e. The second-order valence-electron chi connectivity index (χ2n) is 5.60. The summed E-state index contributed by atoms with van der Waals surface area (Å²) in [5.74, 6) is -1.42. The number of aromatic nitrogens is 4. The second kappa shape index (κ2) is 6.60. The van der Waals surface area contributed by atoms with Crippen LogP contribution in [0.2, 0.25) is 0 Å². The Morgan fingerprint density at radius 1 is 1.24 bits per heavy atom. The van der Waals surface area contributed by atoms with Gasteiger partial charge >= 0.3 is 5.97 Å². The molecular weight excluding hydrogens is 322 g/mol. The molecule has 0 aliphatic rings. The highest BCUT2D eigenvalue weighted by Crippen LogP contribution is 2.14. The number of aromatic carboxylic acids is 1. The number of nitrogens with zero attached hydrogens (tertiary/aromatic N) is 4. The van der Waals surface area contributed by atoms with E-state index in [0.29, 0.717) is 12.4 Å². The molecule has 0 saturated carbocycles. The van der Waals surface area contributed by atoms with E-state index in [1.165, 1.54) is 11.7 Å². The topological polar surface area (TPSA) is 102 Å². The summed E-state index contributed by atoms with van der Waals surface area (Å²) >= 11 is 0. The molecule has 8 heteroatoms. The SMILES string of the molecule is Cc1cc(NC(=O)c2c(C(=O)O)cnn2C)nn1Cc1ccccc1. The molecule has 0 aliphatic heterocycles. The van der Waals surface area contributed by atoms with E-state index in [1.54, 1.807) is 10.7 Å². The van der Waals surface area contributed by atoms with Crippen LogP contribution >= 0.6 is 0 Å². The Labute approximate surface area is 143 Å². The van der Waals surface area contributed by atoms with Gasteiger partial charge in [0.15, 0.2) is 5.82 Å². The zero-order valence-corrected chi connectivity index (χ0v) is 13.8. The third kappa shape index (κ3) is 3.42. The standard InChI is InChI=1S/C17H17N5O3/c1-11-8-14(20-22(11)10-12-6-4-3-5-7-12)19-16(23)15-13(17(24)25)9-18-21(15)2/h3-9H,10H2,1-2H3,(H,24,25)(H,19,20,23). The van der Waals surface area contributed by atoms with Crippen LogP contribution < -0.4 is 5.32 Å². The fourth-order valence-electron chi connectivity index (χ4n) is 2.53. The molecule has 1 amide bonds. The van der Waals surface area contributed by atoms with Crippen molar-refractivity contribution in [3.63, 3.8) is 0 Å². The number of benzene rings is 1. The van der Waals surface area contributed by atoms with Gasteiger partial charge in [-0.25, -0.2) is 4.79 Å². The molecular formula is C17H17N5O3. The maximum absolute atomic E-state index is 12.4. The highest BCUT2D eigenvalue weighted by molar-refractivity contribution is 6.09. The summed E-state index contributed by atoms with van der Waals surface area (Å²) in [6, 6.07) is 11.6. The van der Waals surface area contributed by atoms with Crippen molar-refractivity contribution in [2.24, 2.45) is 7.05 Å². The molecule has 25 heavy (non-hydrogen) atoms. The van der Waals surface area contributed by atoms with Gasteiger partial charge in [0.1, 0.15) is 11.3 Å². The van der Waals surface area contributed by atoms with Gasteiger partial charge in [-0.05, 0) is 12.5 Å². The molecule has 0 bridgehead atoms. The molecule has 2 aromatic heterocycles. The van der Waals surface area contributed by atoms with Crippen LogP contribution in [0.4, 0.5) is 5.82 Å². The van der Waals surface area contributed by atoms with Gasteiger partial charge in [0.05, 0.1) is 12.7 Å². The number of nitrogens with one attached hydrogen (secondary N) is 1. The van der Waals surface area contributed by atoms with Crippen molar-refractivity contribution in [2.75, 3.05) is 5.32 Å². The Kier molecular flexibility index (Phi) is 4.34. The summed E-state index contributed by atoms with van der Waals surface area (Å²) in [6.45, 7) is 2.47.